The lowest BCUT2D eigenvalue weighted by molar-refractivity contribution is -0.144. The summed E-state index contributed by atoms with van der Waals surface area (Å²) in [6, 6.07) is -0.810. The SMILES string of the molecule is CCCCCCCCCCCCCCCCCC[C@@H](CCCN(N=C(N)N)[C@@H](CCC)C(=O)O)C(=O)O. The van der Waals surface area contributed by atoms with Gasteiger partial charge in [0, 0.05) is 6.54 Å². The van der Waals surface area contributed by atoms with Gasteiger partial charge in [-0.05, 0) is 25.7 Å². The fraction of sp³-hybridized carbons (Fsp3) is 0.897. The van der Waals surface area contributed by atoms with Crippen LogP contribution in [0.4, 0.5) is 0 Å². The smallest absolute Gasteiger partial charge is 0.328 e. The molecule has 0 radical (unpaired) electrons. The van der Waals surface area contributed by atoms with Crippen LogP contribution in [0.5, 0.6) is 0 Å². The number of guanidine groups is 1. The van der Waals surface area contributed by atoms with Crippen molar-refractivity contribution in [2.75, 3.05) is 6.54 Å². The molecule has 218 valence electrons. The lowest BCUT2D eigenvalue weighted by atomic mass is 9.95. The summed E-state index contributed by atoms with van der Waals surface area (Å²) in [7, 11) is 0. The number of carboxylic acid groups (broad SMARTS) is 2. The Bertz CT molecular complexity index is 596. The van der Waals surface area contributed by atoms with Gasteiger partial charge in [0.1, 0.15) is 6.04 Å². The lowest BCUT2D eigenvalue weighted by Crippen LogP contribution is -2.41. The maximum absolute atomic E-state index is 11.7. The van der Waals surface area contributed by atoms with Crippen LogP contribution >= 0.6 is 0 Å². The Morgan fingerprint density at radius 1 is 0.622 bits per heavy atom. The molecule has 0 aromatic rings. The Morgan fingerprint density at radius 3 is 1.43 bits per heavy atom. The number of hydrazone groups is 1. The molecule has 0 aliphatic heterocycles. The highest BCUT2D eigenvalue weighted by atomic mass is 16.4. The van der Waals surface area contributed by atoms with Gasteiger partial charge in [-0.15, -0.1) is 5.10 Å². The Labute approximate surface area is 226 Å². The van der Waals surface area contributed by atoms with Gasteiger partial charge in [0.15, 0.2) is 0 Å². The van der Waals surface area contributed by atoms with E-state index in [2.05, 4.69) is 12.0 Å². The molecule has 8 nitrogen and oxygen atoms in total. The number of nitrogens with zero attached hydrogens (tertiary/aromatic N) is 2. The van der Waals surface area contributed by atoms with Gasteiger partial charge >= 0.3 is 11.9 Å². The third-order valence-electron chi connectivity index (χ3n) is 7.15. The summed E-state index contributed by atoms with van der Waals surface area (Å²) in [5.74, 6) is -2.36. The topological polar surface area (TPSA) is 142 Å². The van der Waals surface area contributed by atoms with E-state index in [1.54, 1.807) is 0 Å². The van der Waals surface area contributed by atoms with Crippen molar-refractivity contribution in [2.45, 2.75) is 155 Å². The molecule has 0 heterocycles. The first-order valence-corrected chi connectivity index (χ1v) is 15.1. The molecule has 8 heteroatoms. The van der Waals surface area contributed by atoms with Crippen LogP contribution in [0, 0.1) is 5.92 Å². The Kier molecular flexibility index (Phi) is 23.0. The number of carbonyl (C=O) groups is 2. The van der Waals surface area contributed by atoms with E-state index in [9.17, 15) is 19.8 Å². The molecule has 0 aromatic carbocycles. The molecule has 0 saturated carbocycles. The summed E-state index contributed by atoms with van der Waals surface area (Å²) in [5.41, 5.74) is 11.0. The van der Waals surface area contributed by atoms with Crippen molar-refractivity contribution in [3.8, 4) is 0 Å². The third-order valence-corrected chi connectivity index (χ3v) is 7.15. The number of aliphatic carboxylic acids is 2. The predicted molar refractivity (Wildman–Crippen MR) is 153 cm³/mol. The molecule has 6 N–H and O–H groups in total. The van der Waals surface area contributed by atoms with Crippen molar-refractivity contribution < 1.29 is 19.8 Å². The van der Waals surface area contributed by atoms with Crippen molar-refractivity contribution >= 4 is 17.9 Å². The number of hydrogen-bond donors (Lipinski definition) is 4. The molecule has 0 amide bonds. The minimum atomic E-state index is -0.977. The van der Waals surface area contributed by atoms with Crippen LogP contribution in [0.1, 0.15) is 149 Å². The maximum atomic E-state index is 11.7. The first kappa shape index (κ1) is 35.0. The van der Waals surface area contributed by atoms with Gasteiger partial charge in [-0.25, -0.2) is 4.79 Å². The number of carboxylic acids is 2. The number of unbranched alkanes of at least 4 members (excludes halogenated alkanes) is 15. The first-order valence-electron chi connectivity index (χ1n) is 15.1. The molecule has 0 unspecified atom stereocenters. The van der Waals surface area contributed by atoms with Crippen molar-refractivity contribution in [1.82, 2.24) is 5.01 Å². The highest BCUT2D eigenvalue weighted by Crippen LogP contribution is 2.19. The van der Waals surface area contributed by atoms with Gasteiger partial charge in [-0.2, -0.15) is 0 Å². The summed E-state index contributed by atoms with van der Waals surface area (Å²) >= 11 is 0. The maximum Gasteiger partial charge on any atom is 0.328 e. The molecule has 0 spiro atoms. The summed E-state index contributed by atoms with van der Waals surface area (Å²) in [5, 5.41) is 24.5. The van der Waals surface area contributed by atoms with E-state index in [0.717, 1.165) is 12.8 Å². The normalized spacial score (nSPS) is 12.7. The molecule has 0 saturated heterocycles. The van der Waals surface area contributed by atoms with Gasteiger partial charge < -0.3 is 21.7 Å². The van der Waals surface area contributed by atoms with Crippen LogP contribution in [-0.4, -0.2) is 45.7 Å². The largest absolute Gasteiger partial charge is 0.481 e. The summed E-state index contributed by atoms with van der Waals surface area (Å²) in [6.45, 7) is 4.49. The highest BCUT2D eigenvalue weighted by Gasteiger charge is 2.25. The zero-order valence-electron chi connectivity index (χ0n) is 24.0. The van der Waals surface area contributed by atoms with Crippen molar-refractivity contribution in [3.63, 3.8) is 0 Å². The molecule has 0 rings (SSSR count). The average Bonchev–Trinajstić information content (AvgIpc) is 2.84. The number of rotatable bonds is 27. The quantitative estimate of drug-likeness (QED) is 0.0396. The standard InChI is InChI=1S/C29H58N4O4/c1-3-5-6-7-8-9-10-11-12-13-14-15-16-17-18-19-22-25(27(34)35)23-20-24-33(32-29(30)31)26(21-4-2)28(36)37/h25-26H,3-24H2,1-2H3,(H,34,35)(H,36,37)(H4,30,31,32)/t25-,26-/m0/s1. The fourth-order valence-corrected chi connectivity index (χ4v) is 4.93. The molecule has 37 heavy (non-hydrogen) atoms. The van der Waals surface area contributed by atoms with Crippen LogP contribution in [-0.2, 0) is 9.59 Å². The minimum absolute atomic E-state index is 0.190. The summed E-state index contributed by atoms with van der Waals surface area (Å²) in [4.78, 5) is 23.3. The van der Waals surface area contributed by atoms with Crippen LogP contribution in [0.3, 0.4) is 0 Å². The van der Waals surface area contributed by atoms with E-state index < -0.39 is 23.9 Å². The molecule has 2 atom stereocenters. The Balaban J connectivity index is 3.96. The van der Waals surface area contributed by atoms with Crippen molar-refractivity contribution in [3.05, 3.63) is 0 Å². The summed E-state index contributed by atoms with van der Waals surface area (Å²) < 4.78 is 0. The van der Waals surface area contributed by atoms with Gasteiger partial charge in [-0.3, -0.25) is 9.80 Å². The molecular formula is C29H58N4O4. The lowest BCUT2D eigenvalue weighted by Gasteiger charge is -2.26. The molecule has 0 aromatic heterocycles. The average molecular weight is 527 g/mol. The summed E-state index contributed by atoms with van der Waals surface area (Å²) in [6.07, 6.45) is 23.6. The van der Waals surface area contributed by atoms with Crippen LogP contribution in [0.2, 0.25) is 0 Å². The van der Waals surface area contributed by atoms with Gasteiger partial charge in [0.05, 0.1) is 5.92 Å². The molecule has 0 bridgehead atoms. The first-order chi connectivity index (χ1) is 17.8. The number of hydrogen-bond acceptors (Lipinski definition) is 4. The highest BCUT2D eigenvalue weighted by molar-refractivity contribution is 5.77. The van der Waals surface area contributed by atoms with Crippen molar-refractivity contribution in [1.29, 1.82) is 0 Å². The zero-order chi connectivity index (χ0) is 27.7. The number of nitrogens with two attached hydrogens (primary N) is 2. The van der Waals surface area contributed by atoms with E-state index in [1.165, 1.54) is 94.9 Å². The second kappa shape index (κ2) is 24.4. The third kappa shape index (κ3) is 20.7. The molecule has 0 aliphatic rings. The second-order valence-corrected chi connectivity index (χ2v) is 10.6. The Hall–Kier alpha value is -1.99. The van der Waals surface area contributed by atoms with Crippen LogP contribution in [0.25, 0.3) is 0 Å². The molecule has 0 fully saturated rings. The van der Waals surface area contributed by atoms with E-state index in [4.69, 9.17) is 11.5 Å². The van der Waals surface area contributed by atoms with Gasteiger partial charge in [-0.1, -0.05) is 123 Å². The molecule has 0 aliphatic carbocycles. The van der Waals surface area contributed by atoms with Crippen LogP contribution in [0.15, 0.2) is 5.10 Å². The van der Waals surface area contributed by atoms with E-state index in [0.29, 0.717) is 38.6 Å². The molecular weight excluding hydrogens is 468 g/mol. The minimum Gasteiger partial charge on any atom is -0.481 e. The van der Waals surface area contributed by atoms with E-state index in [1.807, 2.05) is 6.92 Å². The zero-order valence-corrected chi connectivity index (χ0v) is 24.0. The van der Waals surface area contributed by atoms with Gasteiger partial charge in [0.25, 0.3) is 0 Å². The second-order valence-electron chi connectivity index (χ2n) is 10.6. The van der Waals surface area contributed by atoms with Crippen LogP contribution < -0.4 is 11.5 Å². The van der Waals surface area contributed by atoms with Gasteiger partial charge in [0.2, 0.25) is 5.96 Å². The fourth-order valence-electron chi connectivity index (χ4n) is 4.93. The monoisotopic (exact) mass is 526 g/mol. The predicted octanol–water partition coefficient (Wildman–Crippen LogP) is 6.86. The van der Waals surface area contributed by atoms with E-state index in [-0.39, 0.29) is 5.96 Å². The van der Waals surface area contributed by atoms with E-state index >= 15 is 0 Å². The van der Waals surface area contributed by atoms with Crippen molar-refractivity contribution in [2.24, 2.45) is 22.5 Å². The Morgan fingerprint density at radius 2 is 1.05 bits per heavy atom.